The molecule has 0 spiro atoms. The number of piperidine rings is 1. The number of hydrogen-bond acceptors (Lipinski definition) is 6. The summed E-state index contributed by atoms with van der Waals surface area (Å²) in [5.74, 6) is -6.29. The Bertz CT molecular complexity index is 927. The number of alkyl carbamates (subject to hydrolysis) is 1. The Morgan fingerprint density at radius 1 is 1.00 bits per heavy atom. The first kappa shape index (κ1) is 28.8. The number of fused-ring (bicyclic) bond motifs is 2. The molecule has 0 aromatic heterocycles. The van der Waals surface area contributed by atoms with E-state index < -0.39 is 71.9 Å². The number of carbonyl (C=O) groups is 5. The number of likely N-dealkylation sites (tertiary alicyclic amines) is 1. The van der Waals surface area contributed by atoms with Crippen molar-refractivity contribution in [3.63, 3.8) is 0 Å². The molecule has 3 N–H and O–H groups in total. The molecule has 10 nitrogen and oxygen atoms in total. The summed E-state index contributed by atoms with van der Waals surface area (Å²) in [7, 11) is 1.18. The van der Waals surface area contributed by atoms with Crippen molar-refractivity contribution < 1.29 is 37.5 Å². The Hall–Kier alpha value is -2.79. The van der Waals surface area contributed by atoms with E-state index in [0.717, 1.165) is 12.8 Å². The Kier molecular flexibility index (Phi) is 8.48. The number of alkyl halides is 2. The van der Waals surface area contributed by atoms with Crippen LogP contribution in [0.2, 0.25) is 0 Å². The van der Waals surface area contributed by atoms with Gasteiger partial charge < -0.3 is 25.6 Å². The quantitative estimate of drug-likeness (QED) is 0.371. The molecular weight excluding hydrogens is 490 g/mol. The van der Waals surface area contributed by atoms with Crippen LogP contribution in [0.5, 0.6) is 0 Å². The fourth-order valence-electron chi connectivity index (χ4n) is 5.18. The van der Waals surface area contributed by atoms with E-state index in [4.69, 9.17) is 0 Å². The number of Topliss-reactive ketones (excluding diaryl/α,β-unsaturated/α-hetero) is 1. The Labute approximate surface area is 215 Å². The van der Waals surface area contributed by atoms with Crippen molar-refractivity contribution in [2.24, 2.45) is 11.3 Å². The molecule has 3 fully saturated rings. The number of nitrogens with zero attached hydrogens (tertiary/aromatic N) is 1. The number of ketones is 1. The van der Waals surface area contributed by atoms with Gasteiger partial charge in [0, 0.05) is 18.5 Å². The molecule has 0 aromatic rings. The summed E-state index contributed by atoms with van der Waals surface area (Å²) in [5, 5.41) is 7.62. The number of ether oxygens (including phenoxy) is 1. The number of halogens is 2. The second-order valence-corrected chi connectivity index (χ2v) is 11.6. The van der Waals surface area contributed by atoms with Crippen molar-refractivity contribution in [2.45, 2.75) is 109 Å². The average molecular weight is 529 g/mol. The molecule has 12 heteroatoms. The summed E-state index contributed by atoms with van der Waals surface area (Å²) >= 11 is 0. The smallest absolute Gasteiger partial charge is 0.407 e. The van der Waals surface area contributed by atoms with Gasteiger partial charge in [-0.05, 0) is 56.8 Å². The van der Waals surface area contributed by atoms with Gasteiger partial charge in [-0.3, -0.25) is 19.2 Å². The van der Waals surface area contributed by atoms with Crippen LogP contribution in [0.15, 0.2) is 0 Å². The van der Waals surface area contributed by atoms with Gasteiger partial charge >= 0.3 is 6.09 Å². The lowest BCUT2D eigenvalue weighted by Gasteiger charge is -2.40. The van der Waals surface area contributed by atoms with Crippen LogP contribution in [0.25, 0.3) is 0 Å². The molecule has 1 saturated heterocycles. The third-order valence-corrected chi connectivity index (χ3v) is 7.31. The van der Waals surface area contributed by atoms with Crippen LogP contribution in [0.3, 0.4) is 0 Å². The summed E-state index contributed by atoms with van der Waals surface area (Å²) in [4.78, 5) is 65.8. The zero-order valence-electron chi connectivity index (χ0n) is 22.1. The first-order chi connectivity index (χ1) is 17.1. The maximum absolute atomic E-state index is 13.7. The van der Waals surface area contributed by atoms with Crippen molar-refractivity contribution >= 4 is 29.6 Å². The van der Waals surface area contributed by atoms with Gasteiger partial charge in [-0.15, -0.1) is 0 Å². The standard InChI is InChI=1S/C25H38F2N4O6/c1-24(2,3)19(30-23(36)37-5)22(35)31-15-9-6-13(12-15)17(31)20(33)29-16(10-11-25(4,26)27)18(32)21(34)28-14-7-8-14/h13-17,19H,6-12H2,1-5H3,(H,28,34)(H,29,33)(H,30,36)/t13-,15+,16-,17?,19+/m0/s1. The van der Waals surface area contributed by atoms with Gasteiger partial charge in [0.05, 0.1) is 13.2 Å². The summed E-state index contributed by atoms with van der Waals surface area (Å²) in [6.07, 6.45) is 1.51. The van der Waals surface area contributed by atoms with Gasteiger partial charge in [-0.1, -0.05) is 20.8 Å². The first-order valence-corrected chi connectivity index (χ1v) is 12.8. The number of hydrogen-bond donors (Lipinski definition) is 3. The molecule has 2 saturated carbocycles. The average Bonchev–Trinajstić information content (AvgIpc) is 3.37. The molecule has 208 valence electrons. The normalized spacial score (nSPS) is 24.7. The molecule has 2 bridgehead atoms. The molecule has 1 aliphatic heterocycles. The van der Waals surface area contributed by atoms with Crippen LogP contribution in [0.1, 0.15) is 72.6 Å². The molecule has 4 amide bonds. The van der Waals surface area contributed by atoms with E-state index in [1.165, 1.54) is 12.0 Å². The number of rotatable bonds is 10. The first-order valence-electron chi connectivity index (χ1n) is 12.8. The van der Waals surface area contributed by atoms with Crippen LogP contribution in [-0.2, 0) is 23.9 Å². The predicted octanol–water partition coefficient (Wildman–Crippen LogP) is 1.90. The molecule has 3 rings (SSSR count). The zero-order valence-corrected chi connectivity index (χ0v) is 22.1. The minimum Gasteiger partial charge on any atom is -0.453 e. The van der Waals surface area contributed by atoms with Gasteiger partial charge in [0.15, 0.2) is 0 Å². The van der Waals surface area contributed by atoms with Gasteiger partial charge in [0.1, 0.15) is 12.1 Å². The summed E-state index contributed by atoms with van der Waals surface area (Å²) in [6.45, 7) is 6.02. The highest BCUT2D eigenvalue weighted by molar-refractivity contribution is 6.38. The van der Waals surface area contributed by atoms with Crippen LogP contribution >= 0.6 is 0 Å². The topological polar surface area (TPSA) is 134 Å². The summed E-state index contributed by atoms with van der Waals surface area (Å²) in [5.41, 5.74) is -0.708. The van der Waals surface area contributed by atoms with Crippen molar-refractivity contribution in [2.75, 3.05) is 7.11 Å². The fraction of sp³-hybridized carbons (Fsp3) is 0.800. The number of methoxy groups -OCH3 is 1. The maximum Gasteiger partial charge on any atom is 0.407 e. The largest absolute Gasteiger partial charge is 0.453 e. The molecule has 37 heavy (non-hydrogen) atoms. The molecule has 0 aromatic carbocycles. The van der Waals surface area contributed by atoms with E-state index in [-0.39, 0.29) is 18.0 Å². The lowest BCUT2D eigenvalue weighted by atomic mass is 9.85. The Balaban J connectivity index is 1.81. The highest BCUT2D eigenvalue weighted by atomic mass is 19.3. The molecule has 1 heterocycles. The van der Waals surface area contributed by atoms with Gasteiger partial charge in [-0.2, -0.15) is 0 Å². The summed E-state index contributed by atoms with van der Waals surface area (Å²) < 4.78 is 31.9. The van der Waals surface area contributed by atoms with E-state index in [1.54, 1.807) is 20.8 Å². The number of amides is 4. The van der Waals surface area contributed by atoms with E-state index in [9.17, 15) is 32.8 Å². The van der Waals surface area contributed by atoms with Crippen LogP contribution in [-0.4, -0.2) is 77.7 Å². The van der Waals surface area contributed by atoms with Gasteiger partial charge in [0.2, 0.25) is 23.5 Å². The minimum atomic E-state index is -3.09. The van der Waals surface area contributed by atoms with Crippen LogP contribution < -0.4 is 16.0 Å². The minimum absolute atomic E-state index is 0.115. The molecule has 2 aliphatic carbocycles. The molecule has 5 atom stereocenters. The van der Waals surface area contributed by atoms with Crippen LogP contribution in [0, 0.1) is 11.3 Å². The third-order valence-electron chi connectivity index (χ3n) is 7.31. The van der Waals surface area contributed by atoms with Crippen molar-refractivity contribution in [1.82, 2.24) is 20.9 Å². The lowest BCUT2D eigenvalue weighted by Crippen LogP contribution is -2.62. The highest BCUT2D eigenvalue weighted by Gasteiger charge is 2.54. The molecular formula is C25H38F2N4O6. The van der Waals surface area contributed by atoms with Crippen molar-refractivity contribution in [3.8, 4) is 0 Å². The second kappa shape index (κ2) is 10.9. The van der Waals surface area contributed by atoms with E-state index >= 15 is 0 Å². The number of nitrogens with one attached hydrogen (secondary N) is 3. The second-order valence-electron chi connectivity index (χ2n) is 11.6. The third kappa shape index (κ3) is 7.16. The van der Waals surface area contributed by atoms with Gasteiger partial charge in [0.25, 0.3) is 5.91 Å². The zero-order chi connectivity index (χ0) is 27.7. The lowest BCUT2D eigenvalue weighted by molar-refractivity contribution is -0.147. The summed E-state index contributed by atoms with van der Waals surface area (Å²) in [6, 6.07) is -3.73. The van der Waals surface area contributed by atoms with Crippen LogP contribution in [0.4, 0.5) is 13.6 Å². The molecule has 1 unspecified atom stereocenters. The Morgan fingerprint density at radius 2 is 1.65 bits per heavy atom. The molecule has 0 radical (unpaired) electrons. The van der Waals surface area contributed by atoms with E-state index in [1.807, 2.05) is 0 Å². The fourth-order valence-corrected chi connectivity index (χ4v) is 5.18. The van der Waals surface area contributed by atoms with E-state index in [0.29, 0.717) is 26.2 Å². The highest BCUT2D eigenvalue weighted by Crippen LogP contribution is 2.43. The monoisotopic (exact) mass is 528 g/mol. The molecule has 3 aliphatic rings. The maximum atomic E-state index is 13.7. The SMILES string of the molecule is COC(=O)N[C@H](C(=O)N1C(C(=O)N[C@@H](CCC(C)(F)F)C(=O)C(=O)NC2CC2)[C@H]2CC[C@@H]1C2)C(C)(C)C. The predicted molar refractivity (Wildman–Crippen MR) is 129 cm³/mol. The van der Waals surface area contributed by atoms with Crippen molar-refractivity contribution in [3.05, 3.63) is 0 Å². The Morgan fingerprint density at radius 3 is 2.19 bits per heavy atom. The van der Waals surface area contributed by atoms with E-state index in [2.05, 4.69) is 20.7 Å². The van der Waals surface area contributed by atoms with Crippen molar-refractivity contribution in [1.29, 1.82) is 0 Å². The number of carbonyl (C=O) groups excluding carboxylic acids is 5. The van der Waals surface area contributed by atoms with Gasteiger partial charge in [-0.25, -0.2) is 13.6 Å².